The first-order valence-corrected chi connectivity index (χ1v) is 11.1. The van der Waals surface area contributed by atoms with Crippen LogP contribution in [-0.4, -0.2) is 57.5 Å². The van der Waals surface area contributed by atoms with Crippen molar-refractivity contribution in [3.05, 3.63) is 59.7 Å². The van der Waals surface area contributed by atoms with Gasteiger partial charge in [0.05, 0.1) is 24.8 Å². The van der Waals surface area contributed by atoms with Gasteiger partial charge in [0, 0.05) is 18.7 Å². The number of carbonyl (C=O) groups excluding carboxylic acids is 2. The molecule has 0 atom stereocenters. The van der Waals surface area contributed by atoms with E-state index in [2.05, 4.69) is 15.8 Å². The smallest absolute Gasteiger partial charge is 0.259 e. The monoisotopic (exact) mass is 446 g/mol. The Morgan fingerprint density at radius 3 is 2.39 bits per heavy atom. The Hall–Kier alpha value is -3.24. The minimum absolute atomic E-state index is 0.109. The number of benzene rings is 2. The van der Waals surface area contributed by atoms with Crippen LogP contribution in [0, 0.1) is 0 Å². The summed E-state index contributed by atoms with van der Waals surface area (Å²) in [4.78, 5) is 24.2. The molecule has 10 heteroatoms. The number of hydrogen-bond donors (Lipinski definition) is 2. The van der Waals surface area contributed by atoms with Crippen molar-refractivity contribution < 1.29 is 22.7 Å². The van der Waals surface area contributed by atoms with Gasteiger partial charge in [0.1, 0.15) is 5.75 Å². The molecular formula is C21H26N4O5S. The van der Waals surface area contributed by atoms with Crippen LogP contribution in [0.3, 0.4) is 0 Å². The molecule has 0 fully saturated rings. The number of hydrazone groups is 1. The predicted octanol–water partition coefficient (Wildman–Crippen LogP) is 1.61. The molecule has 0 aromatic heterocycles. The normalized spacial score (nSPS) is 11.5. The Kier molecular flexibility index (Phi) is 8.71. The fourth-order valence-corrected chi connectivity index (χ4v) is 4.15. The SMILES string of the molecule is CCN(CC)S(=O)(=O)c1ccc(C(=O)NCC(=O)N/N=C/c2cccc(OC)c2)cc1. The third kappa shape index (κ3) is 6.63. The van der Waals surface area contributed by atoms with Gasteiger partial charge in [0.15, 0.2) is 0 Å². The van der Waals surface area contributed by atoms with Gasteiger partial charge in [-0.05, 0) is 42.0 Å². The molecule has 0 radical (unpaired) electrons. The Bertz CT molecular complexity index is 1030. The molecule has 0 heterocycles. The lowest BCUT2D eigenvalue weighted by atomic mass is 10.2. The van der Waals surface area contributed by atoms with Crippen molar-refractivity contribution in [2.45, 2.75) is 18.7 Å². The lowest BCUT2D eigenvalue weighted by Crippen LogP contribution is -2.35. The molecule has 166 valence electrons. The number of sulfonamides is 1. The molecule has 0 saturated heterocycles. The van der Waals surface area contributed by atoms with E-state index < -0.39 is 21.8 Å². The second-order valence-corrected chi connectivity index (χ2v) is 8.30. The minimum atomic E-state index is -3.59. The molecule has 0 saturated carbocycles. The summed E-state index contributed by atoms with van der Waals surface area (Å²) in [6, 6.07) is 12.7. The summed E-state index contributed by atoms with van der Waals surface area (Å²) in [7, 11) is -2.04. The fourth-order valence-electron chi connectivity index (χ4n) is 2.69. The van der Waals surface area contributed by atoms with E-state index in [1.54, 1.807) is 45.2 Å². The highest BCUT2D eigenvalue weighted by molar-refractivity contribution is 7.89. The molecule has 0 spiro atoms. The highest BCUT2D eigenvalue weighted by Crippen LogP contribution is 2.16. The lowest BCUT2D eigenvalue weighted by molar-refractivity contribution is -0.120. The van der Waals surface area contributed by atoms with E-state index >= 15 is 0 Å². The van der Waals surface area contributed by atoms with Crippen molar-refractivity contribution >= 4 is 28.1 Å². The summed E-state index contributed by atoms with van der Waals surface area (Å²) in [5, 5.41) is 6.30. The van der Waals surface area contributed by atoms with Gasteiger partial charge in [-0.1, -0.05) is 26.0 Å². The van der Waals surface area contributed by atoms with E-state index in [0.717, 1.165) is 5.56 Å². The third-order valence-corrected chi connectivity index (χ3v) is 6.43. The molecule has 0 aliphatic carbocycles. The molecule has 31 heavy (non-hydrogen) atoms. The van der Waals surface area contributed by atoms with E-state index in [-0.39, 0.29) is 17.0 Å². The van der Waals surface area contributed by atoms with Crippen LogP contribution in [0.4, 0.5) is 0 Å². The largest absolute Gasteiger partial charge is 0.497 e. The van der Waals surface area contributed by atoms with Crippen LogP contribution in [0.15, 0.2) is 58.5 Å². The number of nitrogens with zero attached hydrogens (tertiary/aromatic N) is 2. The Labute approximate surface area is 182 Å². The molecule has 2 rings (SSSR count). The first-order chi connectivity index (χ1) is 14.8. The van der Waals surface area contributed by atoms with Crippen LogP contribution in [-0.2, 0) is 14.8 Å². The zero-order chi connectivity index (χ0) is 22.9. The van der Waals surface area contributed by atoms with Gasteiger partial charge in [0.2, 0.25) is 10.0 Å². The molecular weight excluding hydrogens is 420 g/mol. The number of amides is 2. The zero-order valence-electron chi connectivity index (χ0n) is 17.7. The number of methoxy groups -OCH3 is 1. The molecule has 0 aliphatic heterocycles. The summed E-state index contributed by atoms with van der Waals surface area (Å²) >= 11 is 0. The first kappa shape index (κ1) is 24.0. The number of rotatable bonds is 10. The van der Waals surface area contributed by atoms with E-state index in [1.807, 2.05) is 0 Å². The standard InChI is InChI=1S/C21H26N4O5S/c1-4-25(5-2)31(28,29)19-11-9-17(10-12-19)21(27)22-15-20(26)24-23-14-16-7-6-8-18(13-16)30-3/h6-14H,4-5,15H2,1-3H3,(H,22,27)(H,24,26)/b23-14+. The third-order valence-electron chi connectivity index (χ3n) is 4.37. The topological polar surface area (TPSA) is 117 Å². The summed E-state index contributed by atoms with van der Waals surface area (Å²) < 4.78 is 31.4. The highest BCUT2D eigenvalue weighted by atomic mass is 32.2. The molecule has 0 unspecified atom stereocenters. The van der Waals surface area contributed by atoms with Crippen LogP contribution < -0.4 is 15.5 Å². The molecule has 2 aromatic rings. The van der Waals surface area contributed by atoms with Crippen molar-refractivity contribution in [2.75, 3.05) is 26.7 Å². The van der Waals surface area contributed by atoms with Crippen molar-refractivity contribution in [3.63, 3.8) is 0 Å². The van der Waals surface area contributed by atoms with Gasteiger partial charge in [-0.15, -0.1) is 0 Å². The van der Waals surface area contributed by atoms with Crippen LogP contribution in [0.5, 0.6) is 5.75 Å². The van der Waals surface area contributed by atoms with Crippen LogP contribution >= 0.6 is 0 Å². The van der Waals surface area contributed by atoms with Crippen molar-refractivity contribution in [1.29, 1.82) is 0 Å². The van der Waals surface area contributed by atoms with E-state index in [9.17, 15) is 18.0 Å². The Balaban J connectivity index is 1.89. The van der Waals surface area contributed by atoms with Crippen molar-refractivity contribution in [2.24, 2.45) is 5.10 Å². The summed E-state index contributed by atoms with van der Waals surface area (Å²) in [6.07, 6.45) is 1.46. The number of ether oxygens (including phenoxy) is 1. The summed E-state index contributed by atoms with van der Waals surface area (Å²) in [5.74, 6) is -0.342. The maximum atomic E-state index is 12.5. The van der Waals surface area contributed by atoms with E-state index in [0.29, 0.717) is 18.8 Å². The minimum Gasteiger partial charge on any atom is -0.497 e. The van der Waals surface area contributed by atoms with Gasteiger partial charge in [0.25, 0.3) is 11.8 Å². The molecule has 2 N–H and O–H groups in total. The van der Waals surface area contributed by atoms with Crippen molar-refractivity contribution in [3.8, 4) is 5.75 Å². The maximum absolute atomic E-state index is 12.5. The van der Waals surface area contributed by atoms with Crippen molar-refractivity contribution in [1.82, 2.24) is 15.0 Å². The first-order valence-electron chi connectivity index (χ1n) is 9.66. The summed E-state index contributed by atoms with van der Waals surface area (Å²) in [5.41, 5.74) is 3.30. The van der Waals surface area contributed by atoms with Gasteiger partial charge < -0.3 is 10.1 Å². The quantitative estimate of drug-likeness (QED) is 0.425. The zero-order valence-corrected chi connectivity index (χ0v) is 18.5. The second-order valence-electron chi connectivity index (χ2n) is 6.37. The van der Waals surface area contributed by atoms with Crippen LogP contribution in [0.25, 0.3) is 0 Å². The van der Waals surface area contributed by atoms with Gasteiger partial charge in [-0.2, -0.15) is 9.41 Å². The molecule has 9 nitrogen and oxygen atoms in total. The molecule has 0 bridgehead atoms. The van der Waals surface area contributed by atoms with E-state index in [1.165, 1.54) is 34.8 Å². The maximum Gasteiger partial charge on any atom is 0.259 e. The fraction of sp³-hybridized carbons (Fsp3) is 0.286. The number of carbonyl (C=O) groups is 2. The second kappa shape index (κ2) is 11.2. The van der Waals surface area contributed by atoms with Gasteiger partial charge in [-0.3, -0.25) is 9.59 Å². The highest BCUT2D eigenvalue weighted by Gasteiger charge is 2.21. The number of hydrogen-bond acceptors (Lipinski definition) is 6. The molecule has 0 aliphatic rings. The predicted molar refractivity (Wildman–Crippen MR) is 118 cm³/mol. The summed E-state index contributed by atoms with van der Waals surface area (Å²) in [6.45, 7) is 3.95. The number of nitrogens with one attached hydrogen (secondary N) is 2. The van der Waals surface area contributed by atoms with Crippen LogP contribution in [0.1, 0.15) is 29.8 Å². The lowest BCUT2D eigenvalue weighted by Gasteiger charge is -2.18. The Morgan fingerprint density at radius 1 is 1.10 bits per heavy atom. The Morgan fingerprint density at radius 2 is 1.77 bits per heavy atom. The average Bonchev–Trinajstić information content (AvgIpc) is 2.78. The molecule has 2 amide bonds. The van der Waals surface area contributed by atoms with Crippen LogP contribution in [0.2, 0.25) is 0 Å². The van der Waals surface area contributed by atoms with Gasteiger partial charge >= 0.3 is 0 Å². The molecule has 2 aromatic carbocycles. The van der Waals surface area contributed by atoms with Gasteiger partial charge in [-0.25, -0.2) is 13.8 Å². The average molecular weight is 447 g/mol. The van der Waals surface area contributed by atoms with E-state index in [4.69, 9.17) is 4.74 Å².